The number of hydrogen-bond acceptors (Lipinski definition) is 5. The molecule has 2 atom stereocenters. The van der Waals surface area contributed by atoms with Crippen LogP contribution in [0.4, 0.5) is 0 Å². The van der Waals surface area contributed by atoms with Crippen LogP contribution < -0.4 is 14.2 Å². The largest absolute Gasteiger partial charge is 0.508 e. The van der Waals surface area contributed by atoms with Gasteiger partial charge in [-0.05, 0) is 31.2 Å². The highest BCUT2D eigenvalue weighted by Gasteiger charge is 2.55. The molecule has 5 nitrogen and oxygen atoms in total. The number of methoxy groups -OCH3 is 1. The maximum atomic E-state index is 9.67. The minimum absolute atomic E-state index is 0.171. The Morgan fingerprint density at radius 2 is 2.09 bits per heavy atom. The van der Waals surface area contributed by atoms with Crippen molar-refractivity contribution >= 4 is 0 Å². The third-order valence-electron chi connectivity index (χ3n) is 4.44. The number of aromatic hydroxyl groups is 1. The molecule has 23 heavy (non-hydrogen) atoms. The Labute approximate surface area is 134 Å². The predicted molar refractivity (Wildman–Crippen MR) is 83.3 cm³/mol. The third kappa shape index (κ3) is 1.96. The average molecular weight is 314 g/mol. The van der Waals surface area contributed by atoms with Gasteiger partial charge < -0.3 is 24.1 Å². The summed E-state index contributed by atoms with van der Waals surface area (Å²) in [6, 6.07) is 10.8. The zero-order valence-corrected chi connectivity index (χ0v) is 13.0. The summed E-state index contributed by atoms with van der Waals surface area (Å²) in [5.74, 6) is 2.28. The zero-order valence-electron chi connectivity index (χ0n) is 13.0. The topological polar surface area (TPSA) is 57.2 Å². The first-order chi connectivity index (χ1) is 11.2. The van der Waals surface area contributed by atoms with E-state index < -0.39 is 5.60 Å². The molecule has 0 spiro atoms. The van der Waals surface area contributed by atoms with Crippen LogP contribution in [0.25, 0.3) is 0 Å². The van der Waals surface area contributed by atoms with Crippen molar-refractivity contribution in [2.24, 2.45) is 0 Å². The monoisotopic (exact) mass is 314 g/mol. The van der Waals surface area contributed by atoms with Crippen molar-refractivity contribution in [3.8, 4) is 23.0 Å². The molecule has 0 radical (unpaired) electrons. The molecule has 0 saturated heterocycles. The second-order valence-corrected chi connectivity index (χ2v) is 5.69. The lowest BCUT2D eigenvalue weighted by molar-refractivity contribution is -0.131. The highest BCUT2D eigenvalue weighted by Crippen LogP contribution is 2.56. The summed E-state index contributed by atoms with van der Waals surface area (Å²) < 4.78 is 23.5. The minimum atomic E-state index is -0.680. The Hall–Kier alpha value is -2.40. The van der Waals surface area contributed by atoms with Crippen LogP contribution in [0.3, 0.4) is 0 Å². The fourth-order valence-electron chi connectivity index (χ4n) is 3.41. The lowest BCUT2D eigenvalue weighted by Crippen LogP contribution is -2.43. The van der Waals surface area contributed by atoms with Crippen LogP contribution in [0.2, 0.25) is 0 Å². The smallest absolute Gasteiger partial charge is 0.171 e. The summed E-state index contributed by atoms with van der Waals surface area (Å²) in [5, 5.41) is 9.67. The van der Waals surface area contributed by atoms with Gasteiger partial charge in [-0.1, -0.05) is 0 Å². The number of hydrogen-bond donors (Lipinski definition) is 1. The Morgan fingerprint density at radius 3 is 2.87 bits per heavy atom. The van der Waals surface area contributed by atoms with Crippen molar-refractivity contribution in [3.05, 3.63) is 47.5 Å². The summed E-state index contributed by atoms with van der Waals surface area (Å²) in [7, 11) is 1.63. The summed E-state index contributed by atoms with van der Waals surface area (Å²) in [4.78, 5) is 0. The van der Waals surface area contributed by atoms with Crippen LogP contribution in [-0.4, -0.2) is 25.4 Å². The number of phenolic OH excluding ortho intramolecular Hbond substituents is 1. The van der Waals surface area contributed by atoms with Crippen molar-refractivity contribution in [3.63, 3.8) is 0 Å². The normalized spacial score (nSPS) is 24.0. The minimum Gasteiger partial charge on any atom is -0.508 e. The standard InChI is InChI=1S/C18H18O5/c1-3-22-18-10-21-15-8-11(19)4-6-13(15)17(18)23-16-9-12(20-2)5-7-14(16)18/h4-9,17,19H,3,10H2,1-2H3. The van der Waals surface area contributed by atoms with Gasteiger partial charge in [0, 0.05) is 29.9 Å². The quantitative estimate of drug-likeness (QED) is 0.943. The van der Waals surface area contributed by atoms with Crippen LogP contribution >= 0.6 is 0 Å². The highest BCUT2D eigenvalue weighted by atomic mass is 16.6. The van der Waals surface area contributed by atoms with Gasteiger partial charge in [0.2, 0.25) is 0 Å². The van der Waals surface area contributed by atoms with Crippen LogP contribution in [0, 0.1) is 0 Å². The van der Waals surface area contributed by atoms with E-state index in [1.165, 1.54) is 0 Å². The molecular weight excluding hydrogens is 296 g/mol. The van der Waals surface area contributed by atoms with Crippen LogP contribution in [0.5, 0.6) is 23.0 Å². The molecule has 0 bridgehead atoms. The fourth-order valence-corrected chi connectivity index (χ4v) is 3.41. The van der Waals surface area contributed by atoms with Crippen molar-refractivity contribution in [1.29, 1.82) is 0 Å². The molecule has 0 amide bonds. The first kappa shape index (κ1) is 14.2. The van der Waals surface area contributed by atoms with Gasteiger partial charge in [-0.15, -0.1) is 0 Å². The molecule has 120 valence electrons. The van der Waals surface area contributed by atoms with Crippen molar-refractivity contribution in [2.45, 2.75) is 18.6 Å². The number of rotatable bonds is 3. The molecule has 5 heteroatoms. The number of benzene rings is 2. The van der Waals surface area contributed by atoms with Crippen molar-refractivity contribution in [2.75, 3.05) is 20.3 Å². The number of fused-ring (bicyclic) bond motifs is 5. The van der Waals surface area contributed by atoms with E-state index >= 15 is 0 Å². The maximum Gasteiger partial charge on any atom is 0.171 e. The van der Waals surface area contributed by atoms with Gasteiger partial charge >= 0.3 is 0 Å². The van der Waals surface area contributed by atoms with E-state index in [2.05, 4.69) is 0 Å². The van der Waals surface area contributed by atoms with E-state index in [0.29, 0.717) is 19.0 Å². The molecule has 0 fully saturated rings. The summed E-state index contributed by atoms with van der Waals surface area (Å²) in [6.07, 6.45) is -0.311. The molecule has 4 rings (SSSR count). The van der Waals surface area contributed by atoms with Gasteiger partial charge in [0.05, 0.1) is 7.11 Å². The molecule has 2 aromatic carbocycles. The Morgan fingerprint density at radius 1 is 1.22 bits per heavy atom. The number of phenols is 1. The molecule has 2 heterocycles. The molecule has 1 N–H and O–H groups in total. The maximum absolute atomic E-state index is 9.67. The Kier molecular flexibility index (Phi) is 3.13. The summed E-state index contributed by atoms with van der Waals surface area (Å²) in [6.45, 7) is 2.84. The zero-order chi connectivity index (χ0) is 16.0. The van der Waals surface area contributed by atoms with Gasteiger partial charge in [0.25, 0.3) is 0 Å². The lowest BCUT2D eigenvalue weighted by atomic mass is 9.84. The fraction of sp³-hybridized carbons (Fsp3) is 0.333. The molecule has 0 saturated carbocycles. The molecule has 0 aromatic heterocycles. The third-order valence-corrected chi connectivity index (χ3v) is 4.44. The van der Waals surface area contributed by atoms with Crippen molar-refractivity contribution in [1.82, 2.24) is 0 Å². The van der Waals surface area contributed by atoms with Gasteiger partial charge in [-0.2, -0.15) is 0 Å². The lowest BCUT2D eigenvalue weighted by Gasteiger charge is -2.38. The van der Waals surface area contributed by atoms with Crippen LogP contribution in [-0.2, 0) is 10.3 Å². The van der Waals surface area contributed by atoms with Crippen molar-refractivity contribution < 1.29 is 24.1 Å². The van der Waals surface area contributed by atoms with E-state index in [-0.39, 0.29) is 11.9 Å². The van der Waals surface area contributed by atoms with Gasteiger partial charge in [0.1, 0.15) is 29.6 Å². The SMILES string of the molecule is CCOC12COc3cc(O)ccc3C1Oc1cc(OC)ccc12. The molecule has 2 aliphatic heterocycles. The predicted octanol–water partition coefficient (Wildman–Crippen LogP) is 3.16. The van der Waals surface area contributed by atoms with Gasteiger partial charge in [-0.3, -0.25) is 0 Å². The van der Waals surface area contributed by atoms with Crippen LogP contribution in [0.1, 0.15) is 24.2 Å². The van der Waals surface area contributed by atoms with E-state index in [1.54, 1.807) is 19.2 Å². The summed E-state index contributed by atoms with van der Waals surface area (Å²) in [5.41, 5.74) is 1.15. The first-order valence-corrected chi connectivity index (χ1v) is 7.63. The van der Waals surface area contributed by atoms with E-state index in [1.807, 2.05) is 31.2 Å². The Balaban J connectivity index is 1.86. The molecule has 0 aliphatic carbocycles. The number of ether oxygens (including phenoxy) is 4. The molecule has 2 unspecified atom stereocenters. The Bertz CT molecular complexity index is 757. The van der Waals surface area contributed by atoms with E-state index in [4.69, 9.17) is 18.9 Å². The van der Waals surface area contributed by atoms with E-state index in [0.717, 1.165) is 22.6 Å². The van der Waals surface area contributed by atoms with Gasteiger partial charge in [-0.25, -0.2) is 0 Å². The van der Waals surface area contributed by atoms with Crippen LogP contribution in [0.15, 0.2) is 36.4 Å². The molecular formula is C18H18O5. The molecule has 2 aliphatic rings. The second kappa shape index (κ2) is 5.06. The first-order valence-electron chi connectivity index (χ1n) is 7.63. The van der Waals surface area contributed by atoms with E-state index in [9.17, 15) is 5.11 Å². The average Bonchev–Trinajstić information content (AvgIpc) is 2.88. The molecule has 2 aromatic rings. The van der Waals surface area contributed by atoms with Gasteiger partial charge in [0.15, 0.2) is 11.7 Å². The summed E-state index contributed by atoms with van der Waals surface area (Å²) >= 11 is 0. The highest BCUT2D eigenvalue weighted by molar-refractivity contribution is 5.54. The second-order valence-electron chi connectivity index (χ2n) is 5.69.